The second kappa shape index (κ2) is 4.51. The van der Waals surface area contributed by atoms with E-state index < -0.39 is 0 Å². The lowest BCUT2D eigenvalue weighted by molar-refractivity contribution is 0.0623. The molecule has 0 aromatic heterocycles. The Balaban J connectivity index is 2.58. The highest BCUT2D eigenvalue weighted by molar-refractivity contribution is 5.67. The van der Waals surface area contributed by atoms with E-state index in [-0.39, 0.29) is 5.41 Å². The number of nitrogens with zero attached hydrogens (tertiary/aromatic N) is 1. The third-order valence-corrected chi connectivity index (χ3v) is 4.00. The van der Waals surface area contributed by atoms with Gasteiger partial charge in [-0.15, -0.1) is 6.58 Å². The topological polar surface area (TPSA) is 12.4 Å². The minimum Gasteiger partial charge on any atom is -0.293 e. The summed E-state index contributed by atoms with van der Waals surface area (Å²) in [6, 6.07) is 0.536. The van der Waals surface area contributed by atoms with Crippen LogP contribution in [0.4, 0.5) is 0 Å². The van der Waals surface area contributed by atoms with Crippen molar-refractivity contribution in [2.24, 2.45) is 28.2 Å². The van der Waals surface area contributed by atoms with Crippen molar-refractivity contribution in [3.05, 3.63) is 12.7 Å². The van der Waals surface area contributed by atoms with Crippen LogP contribution in [0.3, 0.4) is 0 Å². The van der Waals surface area contributed by atoms with Crippen LogP contribution in [-0.4, -0.2) is 12.3 Å². The quantitative estimate of drug-likeness (QED) is 0.489. The van der Waals surface area contributed by atoms with Gasteiger partial charge in [0.2, 0.25) is 0 Å². The number of hydrogen-bond donors (Lipinski definition) is 0. The van der Waals surface area contributed by atoms with Crippen molar-refractivity contribution in [1.29, 1.82) is 0 Å². The van der Waals surface area contributed by atoms with Crippen molar-refractivity contribution < 1.29 is 0 Å². The molecule has 0 radical (unpaired) electrons. The second-order valence-corrected chi connectivity index (χ2v) is 5.58. The Morgan fingerprint density at radius 1 is 1.27 bits per heavy atom. The zero-order valence-corrected chi connectivity index (χ0v) is 10.8. The fourth-order valence-corrected chi connectivity index (χ4v) is 2.66. The van der Waals surface area contributed by atoms with E-state index in [1.165, 1.54) is 6.42 Å². The molecule has 15 heavy (non-hydrogen) atoms. The first kappa shape index (κ1) is 12.5. The molecule has 1 fully saturated rings. The third-order valence-electron chi connectivity index (χ3n) is 4.00. The third kappa shape index (κ3) is 2.50. The van der Waals surface area contributed by atoms with Crippen molar-refractivity contribution in [1.82, 2.24) is 0 Å². The van der Waals surface area contributed by atoms with Crippen LogP contribution < -0.4 is 0 Å². The first-order valence-corrected chi connectivity index (χ1v) is 6.11. The Hall–Kier alpha value is -0.590. The van der Waals surface area contributed by atoms with E-state index in [0.717, 1.165) is 17.8 Å². The van der Waals surface area contributed by atoms with Crippen LogP contribution in [0.1, 0.15) is 41.0 Å². The van der Waals surface area contributed by atoms with Gasteiger partial charge in [-0.25, -0.2) is 0 Å². The highest BCUT2D eigenvalue weighted by atomic mass is 14.8. The molecule has 86 valence electrons. The predicted molar refractivity (Wildman–Crippen MR) is 68.4 cm³/mol. The van der Waals surface area contributed by atoms with Gasteiger partial charge >= 0.3 is 0 Å². The van der Waals surface area contributed by atoms with E-state index in [4.69, 9.17) is 4.99 Å². The highest BCUT2D eigenvalue weighted by Crippen LogP contribution is 2.44. The summed E-state index contributed by atoms with van der Waals surface area (Å²) in [5, 5.41) is 0. The van der Waals surface area contributed by atoms with Crippen LogP contribution in [0.25, 0.3) is 0 Å². The number of hydrogen-bond acceptors (Lipinski definition) is 1. The van der Waals surface area contributed by atoms with E-state index in [1.54, 1.807) is 0 Å². The Labute approximate surface area is 94.7 Å². The van der Waals surface area contributed by atoms with Gasteiger partial charge in [0, 0.05) is 11.6 Å². The molecular weight excluding hydrogens is 182 g/mol. The van der Waals surface area contributed by atoms with Gasteiger partial charge in [0.05, 0.1) is 6.04 Å². The molecule has 0 aromatic rings. The molecule has 0 heterocycles. The minimum absolute atomic E-state index is 0.0384. The van der Waals surface area contributed by atoms with Crippen LogP contribution in [0.5, 0.6) is 0 Å². The minimum atomic E-state index is 0.0384. The molecule has 0 aromatic carbocycles. The molecule has 1 saturated carbocycles. The van der Waals surface area contributed by atoms with Crippen LogP contribution >= 0.6 is 0 Å². The van der Waals surface area contributed by atoms with Gasteiger partial charge in [-0.3, -0.25) is 4.99 Å². The normalized spacial score (nSPS) is 36.6. The number of aliphatic imine (C=N–C) groups is 1. The SMILES string of the molecule is C=CC(C)(C)C=NC1C(C)C(CC)C1C. The summed E-state index contributed by atoms with van der Waals surface area (Å²) in [5.74, 6) is 2.38. The van der Waals surface area contributed by atoms with Gasteiger partial charge in [0.25, 0.3) is 0 Å². The van der Waals surface area contributed by atoms with Gasteiger partial charge < -0.3 is 0 Å². The summed E-state index contributed by atoms with van der Waals surface area (Å²) in [6.45, 7) is 15.1. The molecule has 1 rings (SSSR count). The summed E-state index contributed by atoms with van der Waals surface area (Å²) >= 11 is 0. The largest absolute Gasteiger partial charge is 0.293 e. The maximum absolute atomic E-state index is 4.74. The van der Waals surface area contributed by atoms with Gasteiger partial charge in [-0.05, 0) is 17.8 Å². The fourth-order valence-electron chi connectivity index (χ4n) is 2.66. The summed E-state index contributed by atoms with van der Waals surface area (Å²) in [7, 11) is 0. The Bertz CT molecular complexity index is 242. The standard InChI is InChI=1S/C14H25N/c1-7-12-10(3)13(11(12)4)15-9-14(5,6)8-2/h8-13H,2,7H2,1,3-6H3. The van der Waals surface area contributed by atoms with Gasteiger partial charge in [0.1, 0.15) is 0 Å². The molecule has 1 nitrogen and oxygen atoms in total. The molecule has 0 saturated heterocycles. The smallest absolute Gasteiger partial charge is 0.0552 e. The predicted octanol–water partition coefficient (Wildman–Crippen LogP) is 3.95. The van der Waals surface area contributed by atoms with E-state index in [9.17, 15) is 0 Å². The van der Waals surface area contributed by atoms with Crippen molar-refractivity contribution in [3.63, 3.8) is 0 Å². The average Bonchev–Trinajstić information content (AvgIpc) is 2.19. The summed E-state index contributed by atoms with van der Waals surface area (Å²) in [4.78, 5) is 4.74. The van der Waals surface area contributed by atoms with Crippen LogP contribution in [-0.2, 0) is 0 Å². The molecule has 1 aliphatic carbocycles. The molecule has 0 aliphatic heterocycles. The lowest BCUT2D eigenvalue weighted by Crippen LogP contribution is -2.47. The van der Waals surface area contributed by atoms with Crippen molar-refractivity contribution in [2.75, 3.05) is 0 Å². The second-order valence-electron chi connectivity index (χ2n) is 5.58. The van der Waals surface area contributed by atoms with E-state index in [1.807, 2.05) is 6.08 Å². The Morgan fingerprint density at radius 3 is 2.20 bits per heavy atom. The van der Waals surface area contributed by atoms with Crippen molar-refractivity contribution >= 4 is 6.21 Å². The summed E-state index contributed by atoms with van der Waals surface area (Å²) in [5.41, 5.74) is 0.0384. The van der Waals surface area contributed by atoms with Crippen LogP contribution in [0.15, 0.2) is 17.6 Å². The average molecular weight is 207 g/mol. The lowest BCUT2D eigenvalue weighted by atomic mass is 9.61. The maximum Gasteiger partial charge on any atom is 0.0552 e. The zero-order valence-electron chi connectivity index (χ0n) is 10.8. The van der Waals surface area contributed by atoms with Crippen molar-refractivity contribution in [2.45, 2.75) is 47.1 Å². The number of allylic oxidation sites excluding steroid dienone is 1. The molecule has 0 bridgehead atoms. The van der Waals surface area contributed by atoms with E-state index in [2.05, 4.69) is 47.4 Å². The zero-order chi connectivity index (χ0) is 11.6. The summed E-state index contributed by atoms with van der Waals surface area (Å²) < 4.78 is 0. The maximum atomic E-state index is 4.74. The molecule has 1 heteroatoms. The van der Waals surface area contributed by atoms with Crippen LogP contribution in [0, 0.1) is 23.2 Å². The van der Waals surface area contributed by atoms with Gasteiger partial charge in [-0.2, -0.15) is 0 Å². The van der Waals surface area contributed by atoms with E-state index >= 15 is 0 Å². The summed E-state index contributed by atoms with van der Waals surface area (Å²) in [6.07, 6.45) is 5.32. The highest BCUT2D eigenvalue weighted by Gasteiger charge is 2.43. The van der Waals surface area contributed by atoms with E-state index in [0.29, 0.717) is 6.04 Å². The first-order chi connectivity index (χ1) is 6.93. The van der Waals surface area contributed by atoms with Crippen LogP contribution in [0.2, 0.25) is 0 Å². The molecule has 0 N–H and O–H groups in total. The lowest BCUT2D eigenvalue weighted by Gasteiger charge is -2.47. The molecule has 0 spiro atoms. The molecule has 1 aliphatic rings. The Kier molecular flexibility index (Phi) is 3.75. The van der Waals surface area contributed by atoms with Crippen molar-refractivity contribution in [3.8, 4) is 0 Å². The molecule has 2 unspecified atom stereocenters. The molecular formula is C14H25N. The molecule has 2 atom stereocenters. The monoisotopic (exact) mass is 207 g/mol. The van der Waals surface area contributed by atoms with Gasteiger partial charge in [0.15, 0.2) is 0 Å². The fraction of sp³-hybridized carbons (Fsp3) is 0.786. The van der Waals surface area contributed by atoms with Gasteiger partial charge in [-0.1, -0.05) is 47.1 Å². The Morgan fingerprint density at radius 2 is 1.80 bits per heavy atom. The molecule has 0 amide bonds. The first-order valence-electron chi connectivity index (χ1n) is 6.11. The number of rotatable bonds is 4.